The number of esters is 1. The highest BCUT2D eigenvalue weighted by molar-refractivity contribution is 5.75. The number of benzene rings is 1. The van der Waals surface area contributed by atoms with Gasteiger partial charge >= 0.3 is 5.97 Å². The summed E-state index contributed by atoms with van der Waals surface area (Å²) in [6.07, 6.45) is 5.35. The summed E-state index contributed by atoms with van der Waals surface area (Å²) >= 11 is 0. The summed E-state index contributed by atoms with van der Waals surface area (Å²) in [6, 6.07) is 9.56. The van der Waals surface area contributed by atoms with Crippen molar-refractivity contribution in [2.75, 3.05) is 0 Å². The van der Waals surface area contributed by atoms with E-state index in [9.17, 15) is 4.79 Å². The lowest BCUT2D eigenvalue weighted by Crippen LogP contribution is -2.25. The van der Waals surface area contributed by atoms with Gasteiger partial charge in [0.1, 0.15) is 6.10 Å². The molecule has 0 radical (unpaired) electrons. The Balaban J connectivity index is 2.82. The standard InChI is InChI=1S/C15H18O2/c1-5-9-13(12-10-7-6-8-11-12)17-14(16)15(2,3)4/h1,6-8,10-11,13H,9H2,2-4H3. The summed E-state index contributed by atoms with van der Waals surface area (Å²) in [5.74, 6) is 2.31. The van der Waals surface area contributed by atoms with E-state index in [1.807, 2.05) is 51.1 Å². The van der Waals surface area contributed by atoms with Crippen LogP contribution in [-0.2, 0) is 9.53 Å². The normalized spacial score (nSPS) is 12.6. The fraction of sp³-hybridized carbons (Fsp3) is 0.400. The molecule has 0 heterocycles. The molecule has 1 aromatic carbocycles. The Hall–Kier alpha value is -1.75. The van der Waals surface area contributed by atoms with Crippen LogP contribution in [-0.4, -0.2) is 5.97 Å². The first-order valence-corrected chi connectivity index (χ1v) is 5.64. The molecular formula is C15H18O2. The van der Waals surface area contributed by atoms with Crippen molar-refractivity contribution in [3.8, 4) is 12.3 Å². The van der Waals surface area contributed by atoms with Crippen LogP contribution in [0.15, 0.2) is 30.3 Å². The lowest BCUT2D eigenvalue weighted by atomic mass is 9.97. The number of hydrogen-bond acceptors (Lipinski definition) is 2. The molecule has 0 aromatic heterocycles. The van der Waals surface area contributed by atoms with Crippen LogP contribution >= 0.6 is 0 Å². The Bertz CT molecular complexity index is 407. The molecule has 2 heteroatoms. The summed E-state index contributed by atoms with van der Waals surface area (Å²) in [5.41, 5.74) is 0.421. The van der Waals surface area contributed by atoms with Crippen LogP contribution in [0, 0.1) is 17.8 Å². The number of rotatable bonds is 3. The third kappa shape index (κ3) is 3.96. The zero-order valence-corrected chi connectivity index (χ0v) is 10.6. The number of terminal acetylenes is 1. The first-order valence-electron chi connectivity index (χ1n) is 5.64. The Kier molecular flexibility index (Phi) is 4.34. The van der Waals surface area contributed by atoms with Crippen LogP contribution < -0.4 is 0 Å². The van der Waals surface area contributed by atoms with Gasteiger partial charge in [0.15, 0.2) is 0 Å². The van der Waals surface area contributed by atoms with Crippen LogP contribution in [0.2, 0.25) is 0 Å². The van der Waals surface area contributed by atoms with Crippen molar-refractivity contribution < 1.29 is 9.53 Å². The molecule has 17 heavy (non-hydrogen) atoms. The van der Waals surface area contributed by atoms with Gasteiger partial charge in [-0.25, -0.2) is 0 Å². The second kappa shape index (κ2) is 5.54. The molecule has 0 fully saturated rings. The van der Waals surface area contributed by atoms with Crippen molar-refractivity contribution in [2.45, 2.75) is 33.3 Å². The van der Waals surface area contributed by atoms with Crippen molar-refractivity contribution in [3.05, 3.63) is 35.9 Å². The average Bonchev–Trinajstić information content (AvgIpc) is 2.28. The molecule has 0 aliphatic rings. The van der Waals surface area contributed by atoms with Gasteiger partial charge in [-0.2, -0.15) is 0 Å². The van der Waals surface area contributed by atoms with Crippen molar-refractivity contribution in [1.29, 1.82) is 0 Å². The van der Waals surface area contributed by atoms with Crippen LogP contribution in [0.5, 0.6) is 0 Å². The number of ether oxygens (including phenoxy) is 1. The summed E-state index contributed by atoms with van der Waals surface area (Å²) in [4.78, 5) is 11.8. The van der Waals surface area contributed by atoms with E-state index < -0.39 is 5.41 Å². The average molecular weight is 230 g/mol. The molecule has 0 amide bonds. The topological polar surface area (TPSA) is 26.3 Å². The number of carbonyl (C=O) groups excluding carboxylic acids is 1. The van der Waals surface area contributed by atoms with E-state index in [1.165, 1.54) is 0 Å². The van der Waals surface area contributed by atoms with E-state index in [-0.39, 0.29) is 12.1 Å². The molecule has 90 valence electrons. The van der Waals surface area contributed by atoms with Crippen molar-refractivity contribution in [1.82, 2.24) is 0 Å². The maximum absolute atomic E-state index is 11.8. The molecule has 0 aliphatic carbocycles. The molecule has 0 bridgehead atoms. The molecule has 1 rings (SSSR count). The van der Waals surface area contributed by atoms with E-state index in [0.29, 0.717) is 6.42 Å². The van der Waals surface area contributed by atoms with Crippen molar-refractivity contribution in [2.24, 2.45) is 5.41 Å². The van der Waals surface area contributed by atoms with Crippen LogP contribution in [0.25, 0.3) is 0 Å². The first kappa shape index (κ1) is 13.3. The fourth-order valence-corrected chi connectivity index (χ4v) is 1.31. The van der Waals surface area contributed by atoms with Gasteiger partial charge in [-0.15, -0.1) is 12.3 Å². The SMILES string of the molecule is C#CCC(OC(=O)C(C)(C)C)c1ccccc1. The predicted molar refractivity (Wildman–Crippen MR) is 68.2 cm³/mol. The second-order valence-corrected chi connectivity index (χ2v) is 4.96. The second-order valence-electron chi connectivity index (χ2n) is 4.96. The molecule has 0 saturated carbocycles. The minimum absolute atomic E-state index is 0.235. The number of carbonyl (C=O) groups is 1. The van der Waals surface area contributed by atoms with Gasteiger partial charge in [0, 0.05) is 0 Å². The monoisotopic (exact) mass is 230 g/mol. The Morgan fingerprint density at radius 1 is 1.35 bits per heavy atom. The van der Waals surface area contributed by atoms with E-state index in [2.05, 4.69) is 5.92 Å². The molecule has 1 aromatic rings. The quantitative estimate of drug-likeness (QED) is 0.588. The molecule has 0 N–H and O–H groups in total. The lowest BCUT2D eigenvalue weighted by molar-refractivity contribution is -0.158. The van der Waals surface area contributed by atoms with Gasteiger partial charge in [-0.05, 0) is 26.3 Å². The minimum atomic E-state index is -0.512. The van der Waals surface area contributed by atoms with Gasteiger partial charge in [0.25, 0.3) is 0 Å². The Morgan fingerprint density at radius 2 is 1.94 bits per heavy atom. The molecular weight excluding hydrogens is 212 g/mol. The van der Waals surface area contributed by atoms with Crippen LogP contribution in [0.1, 0.15) is 38.9 Å². The molecule has 0 saturated heterocycles. The van der Waals surface area contributed by atoms with Gasteiger partial charge in [0.2, 0.25) is 0 Å². The smallest absolute Gasteiger partial charge is 0.311 e. The third-order valence-corrected chi connectivity index (χ3v) is 2.34. The highest BCUT2D eigenvalue weighted by Crippen LogP contribution is 2.25. The summed E-state index contributed by atoms with van der Waals surface area (Å²) < 4.78 is 5.46. The zero-order chi connectivity index (χ0) is 12.9. The largest absolute Gasteiger partial charge is 0.456 e. The summed E-state index contributed by atoms with van der Waals surface area (Å²) in [5, 5.41) is 0. The molecule has 0 aliphatic heterocycles. The van der Waals surface area contributed by atoms with Crippen LogP contribution in [0.4, 0.5) is 0 Å². The van der Waals surface area contributed by atoms with E-state index in [4.69, 9.17) is 11.2 Å². The summed E-state index contributed by atoms with van der Waals surface area (Å²) in [6.45, 7) is 5.48. The Labute approximate surface area is 103 Å². The van der Waals surface area contributed by atoms with E-state index in [1.54, 1.807) is 0 Å². The lowest BCUT2D eigenvalue weighted by Gasteiger charge is -2.22. The zero-order valence-electron chi connectivity index (χ0n) is 10.6. The van der Waals surface area contributed by atoms with Crippen molar-refractivity contribution in [3.63, 3.8) is 0 Å². The highest BCUT2D eigenvalue weighted by Gasteiger charge is 2.26. The van der Waals surface area contributed by atoms with Gasteiger partial charge in [0.05, 0.1) is 11.8 Å². The summed E-state index contributed by atoms with van der Waals surface area (Å²) in [7, 11) is 0. The third-order valence-electron chi connectivity index (χ3n) is 2.34. The molecule has 1 unspecified atom stereocenters. The maximum atomic E-state index is 11.8. The van der Waals surface area contributed by atoms with Gasteiger partial charge in [-0.3, -0.25) is 4.79 Å². The Morgan fingerprint density at radius 3 is 2.41 bits per heavy atom. The van der Waals surface area contributed by atoms with E-state index in [0.717, 1.165) is 5.56 Å². The number of hydrogen-bond donors (Lipinski definition) is 0. The predicted octanol–water partition coefficient (Wildman–Crippen LogP) is 3.34. The maximum Gasteiger partial charge on any atom is 0.311 e. The van der Waals surface area contributed by atoms with Gasteiger partial charge < -0.3 is 4.74 Å². The minimum Gasteiger partial charge on any atom is -0.456 e. The van der Waals surface area contributed by atoms with Crippen molar-refractivity contribution >= 4 is 5.97 Å². The highest BCUT2D eigenvalue weighted by atomic mass is 16.5. The first-order chi connectivity index (χ1) is 7.95. The molecule has 0 spiro atoms. The van der Waals surface area contributed by atoms with Gasteiger partial charge in [-0.1, -0.05) is 30.3 Å². The molecule has 2 nitrogen and oxygen atoms in total. The fourth-order valence-electron chi connectivity index (χ4n) is 1.31. The van der Waals surface area contributed by atoms with E-state index >= 15 is 0 Å². The van der Waals surface area contributed by atoms with Crippen LogP contribution in [0.3, 0.4) is 0 Å². The molecule has 1 atom stereocenters.